The predicted octanol–water partition coefficient (Wildman–Crippen LogP) is 4.09. The lowest BCUT2D eigenvalue weighted by Gasteiger charge is -2.16. The SMILES string of the molecule is CC(C)NC(C)CCCC[C@H]1CCSS1. The van der Waals surface area contributed by atoms with E-state index >= 15 is 0 Å². The largest absolute Gasteiger partial charge is 0.312 e. The number of hydrogen-bond acceptors (Lipinski definition) is 3. The summed E-state index contributed by atoms with van der Waals surface area (Å²) in [6, 6.07) is 1.32. The third kappa shape index (κ3) is 6.75. The first kappa shape index (κ1) is 13.7. The van der Waals surface area contributed by atoms with Crippen molar-refractivity contribution in [3.05, 3.63) is 0 Å². The molecule has 0 aromatic rings. The summed E-state index contributed by atoms with van der Waals surface area (Å²) in [5.74, 6) is 1.38. The summed E-state index contributed by atoms with van der Waals surface area (Å²) in [7, 11) is 4.17. The average molecular weight is 247 g/mol. The Hall–Kier alpha value is 0.660. The number of unbranched alkanes of at least 4 members (excludes halogenated alkanes) is 1. The molecule has 2 atom stereocenters. The smallest absolute Gasteiger partial charge is 0.0159 e. The maximum absolute atomic E-state index is 3.56. The highest BCUT2D eigenvalue weighted by Crippen LogP contribution is 2.39. The maximum Gasteiger partial charge on any atom is 0.0159 e. The topological polar surface area (TPSA) is 12.0 Å². The van der Waals surface area contributed by atoms with Crippen molar-refractivity contribution in [2.75, 3.05) is 5.75 Å². The van der Waals surface area contributed by atoms with E-state index in [4.69, 9.17) is 0 Å². The van der Waals surface area contributed by atoms with Crippen molar-refractivity contribution in [1.29, 1.82) is 0 Å². The zero-order valence-corrected chi connectivity index (χ0v) is 11.9. The molecule has 0 radical (unpaired) electrons. The first-order chi connectivity index (χ1) is 7.18. The Morgan fingerprint density at radius 3 is 2.67 bits per heavy atom. The van der Waals surface area contributed by atoms with Crippen LogP contribution < -0.4 is 5.32 Å². The van der Waals surface area contributed by atoms with Crippen LogP contribution in [-0.2, 0) is 0 Å². The fourth-order valence-electron chi connectivity index (χ4n) is 2.04. The third-order valence-electron chi connectivity index (χ3n) is 2.76. The van der Waals surface area contributed by atoms with E-state index in [1.165, 1.54) is 37.9 Å². The second-order valence-corrected chi connectivity index (χ2v) is 7.62. The first-order valence-corrected chi connectivity index (χ1v) is 8.61. The second-order valence-electron chi connectivity index (χ2n) is 4.84. The Balaban J connectivity index is 1.91. The summed E-state index contributed by atoms with van der Waals surface area (Å²) in [4.78, 5) is 0. The van der Waals surface area contributed by atoms with Crippen LogP contribution in [0, 0.1) is 0 Å². The molecule has 0 spiro atoms. The van der Waals surface area contributed by atoms with Crippen LogP contribution in [0.2, 0.25) is 0 Å². The zero-order chi connectivity index (χ0) is 11.1. The summed E-state index contributed by atoms with van der Waals surface area (Å²) in [6.07, 6.45) is 7.02. The van der Waals surface area contributed by atoms with Gasteiger partial charge in [0, 0.05) is 23.1 Å². The monoisotopic (exact) mass is 247 g/mol. The summed E-state index contributed by atoms with van der Waals surface area (Å²) in [6.45, 7) is 6.76. The van der Waals surface area contributed by atoms with Gasteiger partial charge in [-0.15, -0.1) is 0 Å². The molecule has 15 heavy (non-hydrogen) atoms. The van der Waals surface area contributed by atoms with Gasteiger partial charge in [0.1, 0.15) is 0 Å². The molecule has 1 aliphatic heterocycles. The van der Waals surface area contributed by atoms with Crippen LogP contribution in [0.4, 0.5) is 0 Å². The van der Waals surface area contributed by atoms with Crippen LogP contribution >= 0.6 is 21.6 Å². The molecular weight excluding hydrogens is 222 g/mol. The van der Waals surface area contributed by atoms with E-state index in [0.29, 0.717) is 12.1 Å². The molecule has 0 amide bonds. The molecule has 1 aliphatic rings. The fourth-order valence-corrected chi connectivity index (χ4v) is 5.07. The molecule has 1 fully saturated rings. The maximum atomic E-state index is 3.56. The van der Waals surface area contributed by atoms with Crippen LogP contribution in [0.15, 0.2) is 0 Å². The molecule has 1 rings (SSSR count). The van der Waals surface area contributed by atoms with Gasteiger partial charge >= 0.3 is 0 Å². The minimum absolute atomic E-state index is 0.627. The number of hydrogen-bond donors (Lipinski definition) is 1. The molecule has 1 N–H and O–H groups in total. The third-order valence-corrected chi connectivity index (χ3v) is 5.77. The zero-order valence-electron chi connectivity index (χ0n) is 10.3. The lowest BCUT2D eigenvalue weighted by Crippen LogP contribution is -2.32. The first-order valence-electron chi connectivity index (χ1n) is 6.23. The van der Waals surface area contributed by atoms with Gasteiger partial charge in [-0.05, 0) is 26.2 Å². The van der Waals surface area contributed by atoms with Gasteiger partial charge in [0.2, 0.25) is 0 Å². The highest BCUT2D eigenvalue weighted by Gasteiger charge is 2.15. The summed E-state index contributed by atoms with van der Waals surface area (Å²) < 4.78 is 0. The van der Waals surface area contributed by atoms with E-state index in [0.717, 1.165) is 5.25 Å². The van der Waals surface area contributed by atoms with Crippen LogP contribution in [-0.4, -0.2) is 23.1 Å². The summed E-state index contributed by atoms with van der Waals surface area (Å²) in [5, 5.41) is 4.52. The van der Waals surface area contributed by atoms with Crippen LogP contribution in [0.1, 0.15) is 52.9 Å². The van der Waals surface area contributed by atoms with Crippen molar-refractivity contribution in [3.8, 4) is 0 Å². The Labute approximate surface area is 103 Å². The molecule has 3 heteroatoms. The van der Waals surface area contributed by atoms with Gasteiger partial charge in [0.05, 0.1) is 0 Å². The summed E-state index contributed by atoms with van der Waals surface area (Å²) in [5.41, 5.74) is 0. The van der Waals surface area contributed by atoms with Crippen LogP contribution in [0.3, 0.4) is 0 Å². The average Bonchev–Trinajstić information content (AvgIpc) is 2.63. The van der Waals surface area contributed by atoms with E-state index in [1.807, 2.05) is 0 Å². The molecule has 90 valence electrons. The quantitative estimate of drug-likeness (QED) is 0.537. The van der Waals surface area contributed by atoms with Gasteiger partial charge in [-0.25, -0.2) is 0 Å². The van der Waals surface area contributed by atoms with E-state index in [-0.39, 0.29) is 0 Å². The number of nitrogens with one attached hydrogen (secondary N) is 1. The van der Waals surface area contributed by atoms with Gasteiger partial charge in [0.25, 0.3) is 0 Å². The lowest BCUT2D eigenvalue weighted by molar-refractivity contribution is 0.445. The molecule has 0 aromatic carbocycles. The van der Waals surface area contributed by atoms with Crippen molar-refractivity contribution < 1.29 is 0 Å². The van der Waals surface area contributed by atoms with Gasteiger partial charge < -0.3 is 5.32 Å². The van der Waals surface area contributed by atoms with Gasteiger partial charge in [-0.2, -0.15) is 0 Å². The van der Waals surface area contributed by atoms with Gasteiger partial charge in [-0.3, -0.25) is 0 Å². The highest BCUT2D eigenvalue weighted by atomic mass is 33.1. The Bertz CT molecular complexity index is 156. The normalized spacial score (nSPS) is 23.6. The molecular formula is C12H25NS2. The predicted molar refractivity (Wildman–Crippen MR) is 74.7 cm³/mol. The minimum atomic E-state index is 0.627. The molecule has 1 unspecified atom stereocenters. The molecule has 1 heterocycles. The lowest BCUT2D eigenvalue weighted by atomic mass is 10.1. The van der Waals surface area contributed by atoms with Crippen molar-refractivity contribution in [3.63, 3.8) is 0 Å². The number of rotatable bonds is 7. The molecule has 0 aliphatic carbocycles. The highest BCUT2D eigenvalue weighted by molar-refractivity contribution is 8.77. The van der Waals surface area contributed by atoms with Crippen molar-refractivity contribution in [2.24, 2.45) is 0 Å². The molecule has 1 nitrogen and oxygen atoms in total. The van der Waals surface area contributed by atoms with Gasteiger partial charge in [-0.1, -0.05) is 48.3 Å². The Kier molecular flexibility index (Phi) is 7.19. The van der Waals surface area contributed by atoms with Crippen molar-refractivity contribution >= 4 is 21.6 Å². The van der Waals surface area contributed by atoms with Crippen LogP contribution in [0.5, 0.6) is 0 Å². The molecule has 1 saturated heterocycles. The Morgan fingerprint density at radius 1 is 1.27 bits per heavy atom. The van der Waals surface area contributed by atoms with E-state index in [1.54, 1.807) is 0 Å². The van der Waals surface area contributed by atoms with E-state index < -0.39 is 0 Å². The van der Waals surface area contributed by atoms with E-state index in [9.17, 15) is 0 Å². The Morgan fingerprint density at radius 2 is 2.07 bits per heavy atom. The molecule has 0 saturated carbocycles. The molecule has 0 aromatic heterocycles. The molecule has 0 bridgehead atoms. The fraction of sp³-hybridized carbons (Fsp3) is 1.00. The van der Waals surface area contributed by atoms with Crippen molar-refractivity contribution in [1.82, 2.24) is 5.32 Å². The van der Waals surface area contributed by atoms with Gasteiger partial charge in [0.15, 0.2) is 0 Å². The minimum Gasteiger partial charge on any atom is -0.312 e. The summed E-state index contributed by atoms with van der Waals surface area (Å²) >= 11 is 0. The van der Waals surface area contributed by atoms with Crippen LogP contribution in [0.25, 0.3) is 0 Å². The standard InChI is InChI=1S/C12H25NS2/c1-10(2)13-11(3)6-4-5-7-12-8-9-14-15-12/h10-13H,4-9H2,1-3H3/t11?,12-/m0/s1. The second kappa shape index (κ2) is 7.86. The van der Waals surface area contributed by atoms with E-state index in [2.05, 4.69) is 47.7 Å². The van der Waals surface area contributed by atoms with Crippen molar-refractivity contribution in [2.45, 2.75) is 70.2 Å².